The lowest BCUT2D eigenvalue weighted by molar-refractivity contribution is 0.479. The monoisotopic (exact) mass is 714 g/mol. The van der Waals surface area contributed by atoms with Gasteiger partial charge in [0.25, 0.3) is 0 Å². The molecule has 3 heteroatoms. The number of hydrogen-bond acceptors (Lipinski definition) is 2. The largest absolute Gasteiger partial charge is 0.457 e. The molecule has 0 amide bonds. The summed E-state index contributed by atoms with van der Waals surface area (Å²) in [6.45, 7) is 6.29. The van der Waals surface area contributed by atoms with Crippen molar-refractivity contribution in [1.82, 2.24) is 0 Å². The molecule has 0 unspecified atom stereocenters. The molecule has 0 aliphatic rings. The van der Waals surface area contributed by atoms with Gasteiger partial charge in [-0.2, -0.15) is 0 Å². The standard InChI is InChI=1S/C36H26N2O.2C8H10/c1-22-20-24(36(37)38)16-19-34(22)39-25-17-14-23(15-18-25)32-21-33-28-10-3-2-8-26(28)27-9-4-6-12-30(27)35(33)31-13-7-5-11-29(31)32;2*1-2-8-6-4-3-5-7-8/h2-21H,1H3,(H3,37,38);2*3-7H,2H2,1H3. The van der Waals surface area contributed by atoms with Crippen LogP contribution in [0, 0.1) is 12.3 Å². The maximum absolute atomic E-state index is 7.66. The number of rotatable bonds is 6. The molecule has 9 aromatic rings. The lowest BCUT2D eigenvalue weighted by Crippen LogP contribution is -2.11. The van der Waals surface area contributed by atoms with E-state index in [1.165, 1.54) is 59.8 Å². The Balaban J connectivity index is 0.000000240. The van der Waals surface area contributed by atoms with Crippen LogP contribution in [0.2, 0.25) is 0 Å². The number of ether oxygens (including phenoxy) is 1. The molecular formula is C52H46N2O. The summed E-state index contributed by atoms with van der Waals surface area (Å²) in [7, 11) is 0. The fourth-order valence-electron chi connectivity index (χ4n) is 7.19. The van der Waals surface area contributed by atoms with Gasteiger partial charge < -0.3 is 10.5 Å². The van der Waals surface area contributed by atoms with E-state index in [0.29, 0.717) is 5.56 Å². The SMILES string of the molecule is CCc1ccccc1.CCc1ccccc1.Cc1cc(C(=N)N)ccc1Oc1ccc(-c2cc3c4ccccc4c4ccccc4c3c3ccccc23)cc1. The van der Waals surface area contributed by atoms with Gasteiger partial charge in [-0.25, -0.2) is 0 Å². The summed E-state index contributed by atoms with van der Waals surface area (Å²) < 4.78 is 6.19. The van der Waals surface area contributed by atoms with E-state index >= 15 is 0 Å². The predicted octanol–water partition coefficient (Wildman–Crippen LogP) is 13.8. The van der Waals surface area contributed by atoms with Gasteiger partial charge in [0.2, 0.25) is 0 Å². The highest BCUT2D eigenvalue weighted by Gasteiger charge is 2.15. The molecule has 0 radical (unpaired) electrons. The second-order valence-corrected chi connectivity index (χ2v) is 13.7. The van der Waals surface area contributed by atoms with E-state index in [4.69, 9.17) is 15.9 Å². The first-order valence-corrected chi connectivity index (χ1v) is 19.0. The van der Waals surface area contributed by atoms with Gasteiger partial charge in [0.1, 0.15) is 17.3 Å². The highest BCUT2D eigenvalue weighted by molar-refractivity contribution is 6.33. The molecule has 0 fully saturated rings. The average Bonchev–Trinajstić information content (AvgIpc) is 3.25. The van der Waals surface area contributed by atoms with Crippen LogP contribution < -0.4 is 10.5 Å². The highest BCUT2D eigenvalue weighted by atomic mass is 16.5. The van der Waals surface area contributed by atoms with Crippen molar-refractivity contribution in [2.24, 2.45) is 5.73 Å². The summed E-state index contributed by atoms with van der Waals surface area (Å²) >= 11 is 0. The molecule has 0 spiro atoms. The molecule has 0 heterocycles. The van der Waals surface area contributed by atoms with Gasteiger partial charge >= 0.3 is 0 Å². The first-order valence-electron chi connectivity index (χ1n) is 19.0. The Morgan fingerprint density at radius 3 is 1.44 bits per heavy atom. The summed E-state index contributed by atoms with van der Waals surface area (Å²) in [6.07, 6.45) is 2.28. The third-order valence-electron chi connectivity index (χ3n) is 10.1. The van der Waals surface area contributed by atoms with Crippen molar-refractivity contribution in [3.05, 3.63) is 204 Å². The summed E-state index contributed by atoms with van der Waals surface area (Å²) in [5.41, 5.74) is 12.4. The second kappa shape index (κ2) is 17.0. The summed E-state index contributed by atoms with van der Waals surface area (Å²) in [5.74, 6) is 1.57. The Kier molecular flexibility index (Phi) is 11.3. The van der Waals surface area contributed by atoms with Gasteiger partial charge in [-0.1, -0.05) is 159 Å². The molecule has 3 nitrogen and oxygen atoms in total. The van der Waals surface area contributed by atoms with E-state index in [0.717, 1.165) is 35.5 Å². The summed E-state index contributed by atoms with van der Waals surface area (Å²) in [6, 6.07) is 63.3. The zero-order valence-corrected chi connectivity index (χ0v) is 31.7. The third-order valence-corrected chi connectivity index (χ3v) is 10.1. The minimum absolute atomic E-state index is 0.0531. The van der Waals surface area contributed by atoms with Crippen LogP contribution >= 0.6 is 0 Å². The Morgan fingerprint density at radius 2 is 0.945 bits per heavy atom. The van der Waals surface area contributed by atoms with Gasteiger partial charge in [0, 0.05) is 5.56 Å². The van der Waals surface area contributed by atoms with E-state index in [1.807, 2.05) is 49.4 Å². The Hall–Kier alpha value is -6.71. The molecule has 55 heavy (non-hydrogen) atoms. The molecule has 0 saturated heterocycles. The van der Waals surface area contributed by atoms with Crippen molar-refractivity contribution in [3.8, 4) is 22.6 Å². The lowest BCUT2D eigenvalue weighted by atomic mass is 9.87. The normalized spacial score (nSPS) is 10.7. The van der Waals surface area contributed by atoms with E-state index in [9.17, 15) is 0 Å². The second-order valence-electron chi connectivity index (χ2n) is 13.7. The molecule has 0 aromatic heterocycles. The fraction of sp³-hybridized carbons (Fsp3) is 0.0962. The molecule has 3 N–H and O–H groups in total. The number of amidine groups is 1. The van der Waals surface area contributed by atoms with E-state index in [1.54, 1.807) is 0 Å². The van der Waals surface area contributed by atoms with Crippen LogP contribution in [-0.2, 0) is 12.8 Å². The lowest BCUT2D eigenvalue weighted by Gasteiger charge is -2.16. The molecule has 270 valence electrons. The minimum atomic E-state index is 0.0531. The van der Waals surface area contributed by atoms with E-state index < -0.39 is 0 Å². The zero-order chi connectivity index (χ0) is 38.1. The van der Waals surface area contributed by atoms with Crippen LogP contribution in [0.25, 0.3) is 54.2 Å². The van der Waals surface area contributed by atoms with Crippen molar-refractivity contribution in [2.45, 2.75) is 33.6 Å². The van der Waals surface area contributed by atoms with Crippen molar-refractivity contribution in [3.63, 3.8) is 0 Å². The van der Waals surface area contributed by atoms with Crippen LogP contribution in [0.3, 0.4) is 0 Å². The van der Waals surface area contributed by atoms with Crippen LogP contribution in [-0.4, -0.2) is 5.84 Å². The zero-order valence-electron chi connectivity index (χ0n) is 31.7. The summed E-state index contributed by atoms with van der Waals surface area (Å²) in [5, 5.41) is 17.8. The maximum Gasteiger partial charge on any atom is 0.130 e. The third kappa shape index (κ3) is 8.12. The predicted molar refractivity (Wildman–Crippen MR) is 236 cm³/mol. The first kappa shape index (κ1) is 36.6. The van der Waals surface area contributed by atoms with Gasteiger partial charge in [-0.3, -0.25) is 5.41 Å². The number of nitrogens with one attached hydrogen (secondary N) is 1. The molecule has 0 atom stereocenters. The quantitative estimate of drug-likeness (QED) is 0.102. The van der Waals surface area contributed by atoms with E-state index in [-0.39, 0.29) is 5.84 Å². The molecule has 9 aromatic carbocycles. The van der Waals surface area contributed by atoms with Gasteiger partial charge in [0.05, 0.1) is 0 Å². The van der Waals surface area contributed by atoms with Crippen molar-refractivity contribution in [2.75, 3.05) is 0 Å². The minimum Gasteiger partial charge on any atom is -0.457 e. The smallest absolute Gasteiger partial charge is 0.130 e. The Bertz CT molecular complexity index is 2680. The number of benzene rings is 9. The van der Waals surface area contributed by atoms with Crippen LogP contribution in [0.1, 0.15) is 36.1 Å². The van der Waals surface area contributed by atoms with Crippen molar-refractivity contribution >= 4 is 48.9 Å². The first-order chi connectivity index (χ1) is 26.9. The van der Waals surface area contributed by atoms with Gasteiger partial charge in [0.15, 0.2) is 0 Å². The Morgan fingerprint density at radius 1 is 0.491 bits per heavy atom. The van der Waals surface area contributed by atoms with Crippen LogP contribution in [0.4, 0.5) is 0 Å². The Labute approximate surface area is 324 Å². The van der Waals surface area contributed by atoms with E-state index in [2.05, 4.69) is 153 Å². The van der Waals surface area contributed by atoms with Crippen LogP contribution in [0.15, 0.2) is 182 Å². The maximum atomic E-state index is 7.66. The number of fused-ring (bicyclic) bond motifs is 8. The highest BCUT2D eigenvalue weighted by Crippen LogP contribution is 2.43. The molecule has 9 rings (SSSR count). The molecule has 0 aliphatic heterocycles. The molecule has 0 saturated carbocycles. The van der Waals surface area contributed by atoms with Crippen molar-refractivity contribution in [1.29, 1.82) is 5.41 Å². The van der Waals surface area contributed by atoms with Gasteiger partial charge in [-0.05, 0) is 127 Å². The molecule has 0 bridgehead atoms. The number of hydrogen-bond donors (Lipinski definition) is 2. The van der Waals surface area contributed by atoms with Gasteiger partial charge in [-0.15, -0.1) is 0 Å². The number of nitrogens with two attached hydrogens (primary N) is 1. The molecule has 0 aliphatic carbocycles. The van der Waals surface area contributed by atoms with Crippen molar-refractivity contribution < 1.29 is 4.74 Å². The number of aryl methyl sites for hydroxylation is 3. The van der Waals surface area contributed by atoms with Crippen LogP contribution in [0.5, 0.6) is 11.5 Å². The summed E-state index contributed by atoms with van der Waals surface area (Å²) in [4.78, 5) is 0. The topological polar surface area (TPSA) is 59.1 Å². The average molecular weight is 715 g/mol. The number of nitrogen functional groups attached to an aromatic ring is 1. The fourth-order valence-corrected chi connectivity index (χ4v) is 7.19. The molecular weight excluding hydrogens is 669 g/mol.